The topological polar surface area (TPSA) is 97.0 Å². The van der Waals surface area contributed by atoms with Gasteiger partial charge in [0.1, 0.15) is 11.9 Å². The number of nitrogens with one attached hydrogen (secondary N) is 1. The summed E-state index contributed by atoms with van der Waals surface area (Å²) in [4.78, 5) is 31.3. The maximum Gasteiger partial charge on any atom is 0.231 e. The van der Waals surface area contributed by atoms with Crippen molar-refractivity contribution in [2.24, 2.45) is 22.6 Å². The Hall–Kier alpha value is -2.57. The fourth-order valence-electron chi connectivity index (χ4n) is 4.36. The van der Waals surface area contributed by atoms with Crippen molar-refractivity contribution in [1.29, 1.82) is 0 Å². The first-order valence-corrected chi connectivity index (χ1v) is 10.5. The summed E-state index contributed by atoms with van der Waals surface area (Å²) in [5, 5.41) is 3.22. The van der Waals surface area contributed by atoms with Crippen molar-refractivity contribution in [3.8, 4) is 5.75 Å². The lowest BCUT2D eigenvalue weighted by molar-refractivity contribution is -0.130. The van der Waals surface area contributed by atoms with E-state index >= 15 is 0 Å². The summed E-state index contributed by atoms with van der Waals surface area (Å²) in [7, 11) is 0. The Morgan fingerprint density at radius 1 is 1.34 bits per heavy atom. The van der Waals surface area contributed by atoms with E-state index in [1.54, 1.807) is 4.90 Å². The maximum atomic E-state index is 12.9. The lowest BCUT2D eigenvalue weighted by atomic mass is 9.95. The highest BCUT2D eigenvalue weighted by Crippen LogP contribution is 2.42. The summed E-state index contributed by atoms with van der Waals surface area (Å²) in [6.45, 7) is 6.36. The van der Waals surface area contributed by atoms with Gasteiger partial charge in [-0.05, 0) is 38.7 Å². The monoisotopic (exact) mass is 398 g/mol. The number of carbonyl (C=O) groups excluding carboxylic acids is 2. The third-order valence-corrected chi connectivity index (χ3v) is 6.11. The number of benzene rings is 1. The number of ether oxygens (including phenoxy) is 1. The average Bonchev–Trinajstić information content (AvgIpc) is 3.43. The van der Waals surface area contributed by atoms with E-state index in [4.69, 9.17) is 10.5 Å². The molecule has 2 unspecified atom stereocenters. The summed E-state index contributed by atoms with van der Waals surface area (Å²) in [5.74, 6) is 1.20. The number of rotatable bonds is 5. The number of nitrogens with zero attached hydrogens (tertiary/aromatic N) is 2. The molecule has 4 rings (SSSR count). The second-order valence-corrected chi connectivity index (χ2v) is 9.05. The zero-order chi connectivity index (χ0) is 20.8. The number of fused-ring (bicyclic) bond motifs is 1. The molecule has 0 saturated heterocycles. The zero-order valence-corrected chi connectivity index (χ0v) is 17.4. The Morgan fingerprint density at radius 3 is 2.83 bits per heavy atom. The number of nitrogens with two attached hydrogens (primary N) is 1. The van der Waals surface area contributed by atoms with E-state index < -0.39 is 5.54 Å². The highest BCUT2D eigenvalue weighted by Gasteiger charge is 2.46. The van der Waals surface area contributed by atoms with Gasteiger partial charge in [-0.15, -0.1) is 0 Å². The fourth-order valence-corrected chi connectivity index (χ4v) is 4.36. The molecule has 1 fully saturated rings. The minimum absolute atomic E-state index is 0.0160. The second-order valence-electron chi connectivity index (χ2n) is 9.05. The molecule has 156 valence electrons. The molecular formula is C22H30N4O3. The molecule has 0 bridgehead atoms. The van der Waals surface area contributed by atoms with E-state index in [0.717, 1.165) is 30.6 Å². The molecule has 1 aromatic rings. The van der Waals surface area contributed by atoms with Crippen LogP contribution in [0.25, 0.3) is 0 Å². The predicted octanol–water partition coefficient (Wildman–Crippen LogP) is 2.37. The minimum Gasteiger partial charge on any atom is -0.490 e. The van der Waals surface area contributed by atoms with Crippen molar-refractivity contribution in [2.45, 2.75) is 64.1 Å². The third kappa shape index (κ3) is 4.09. The van der Waals surface area contributed by atoms with Crippen molar-refractivity contribution in [3.05, 3.63) is 29.8 Å². The van der Waals surface area contributed by atoms with E-state index in [-0.39, 0.29) is 41.8 Å². The first-order chi connectivity index (χ1) is 13.8. The van der Waals surface area contributed by atoms with Crippen molar-refractivity contribution in [3.63, 3.8) is 0 Å². The van der Waals surface area contributed by atoms with Gasteiger partial charge in [0.15, 0.2) is 5.96 Å². The summed E-state index contributed by atoms with van der Waals surface area (Å²) in [5.41, 5.74) is 6.60. The quantitative estimate of drug-likeness (QED) is 0.796. The van der Waals surface area contributed by atoms with E-state index in [2.05, 4.69) is 17.2 Å². The lowest BCUT2D eigenvalue weighted by Crippen LogP contribution is -2.50. The molecule has 4 atom stereocenters. The molecule has 7 heteroatoms. The first kappa shape index (κ1) is 19.7. The fraction of sp³-hybridized carbons (Fsp3) is 0.591. The van der Waals surface area contributed by atoms with Gasteiger partial charge >= 0.3 is 0 Å². The Kier molecular flexibility index (Phi) is 5.00. The molecule has 2 heterocycles. The molecule has 2 aliphatic heterocycles. The number of guanidine groups is 1. The number of para-hydroxylation sites is 1. The standard InChI is InChI=1S/C22H30N4O3/c1-4-14-10-17(15-7-5-6-8-18(15)29-14)24-20(28)16-9-13(16)12-26-19(27)11-22(2,3)25-21(26)23/h5-8,13-14,16-17H,4,9-12H2,1-3H3,(H2,23,25)(H,24,28)/t13-,14?,16+,17?/m0/s1. The minimum atomic E-state index is -0.454. The van der Waals surface area contributed by atoms with E-state index in [1.807, 2.05) is 38.1 Å². The molecule has 2 amide bonds. The van der Waals surface area contributed by atoms with Crippen LogP contribution in [0.4, 0.5) is 0 Å². The van der Waals surface area contributed by atoms with Gasteiger partial charge < -0.3 is 15.8 Å². The molecule has 1 saturated carbocycles. The highest BCUT2D eigenvalue weighted by molar-refractivity contribution is 5.99. The molecule has 0 aromatic heterocycles. The van der Waals surface area contributed by atoms with Gasteiger partial charge in [-0.3, -0.25) is 14.5 Å². The van der Waals surface area contributed by atoms with Crippen molar-refractivity contribution in [2.75, 3.05) is 6.54 Å². The molecule has 3 aliphatic rings. The molecule has 1 aliphatic carbocycles. The highest BCUT2D eigenvalue weighted by atomic mass is 16.5. The van der Waals surface area contributed by atoms with Crippen LogP contribution >= 0.6 is 0 Å². The van der Waals surface area contributed by atoms with E-state index in [0.29, 0.717) is 13.0 Å². The Morgan fingerprint density at radius 2 is 2.10 bits per heavy atom. The third-order valence-electron chi connectivity index (χ3n) is 6.11. The van der Waals surface area contributed by atoms with Crippen LogP contribution in [0.15, 0.2) is 29.3 Å². The van der Waals surface area contributed by atoms with Gasteiger partial charge in [0.05, 0.1) is 18.0 Å². The first-order valence-electron chi connectivity index (χ1n) is 10.5. The second kappa shape index (κ2) is 7.35. The normalized spacial score (nSPS) is 30.1. The number of hydrogen-bond donors (Lipinski definition) is 2. The van der Waals surface area contributed by atoms with Crippen LogP contribution in [-0.4, -0.2) is 40.9 Å². The lowest BCUT2D eigenvalue weighted by Gasteiger charge is -2.33. The molecule has 29 heavy (non-hydrogen) atoms. The number of amides is 2. The predicted molar refractivity (Wildman–Crippen MR) is 110 cm³/mol. The molecule has 7 nitrogen and oxygen atoms in total. The van der Waals surface area contributed by atoms with Gasteiger partial charge in [-0.1, -0.05) is 25.1 Å². The summed E-state index contributed by atoms with van der Waals surface area (Å²) >= 11 is 0. The largest absolute Gasteiger partial charge is 0.490 e. The van der Waals surface area contributed by atoms with Gasteiger partial charge in [-0.2, -0.15) is 0 Å². The van der Waals surface area contributed by atoms with Crippen LogP contribution in [0.5, 0.6) is 5.75 Å². The summed E-state index contributed by atoms with van der Waals surface area (Å²) in [6.07, 6.45) is 2.90. The van der Waals surface area contributed by atoms with Crippen molar-refractivity contribution in [1.82, 2.24) is 10.2 Å². The van der Waals surface area contributed by atoms with Gasteiger partial charge in [0.25, 0.3) is 0 Å². The van der Waals surface area contributed by atoms with E-state index in [1.165, 1.54) is 0 Å². The number of aliphatic imine (C=N–C) groups is 1. The zero-order valence-electron chi connectivity index (χ0n) is 17.4. The van der Waals surface area contributed by atoms with Gasteiger partial charge in [0.2, 0.25) is 11.8 Å². The van der Waals surface area contributed by atoms with Crippen LogP contribution in [0.2, 0.25) is 0 Å². The molecule has 0 spiro atoms. The smallest absolute Gasteiger partial charge is 0.231 e. The Labute approximate surface area is 171 Å². The average molecular weight is 399 g/mol. The Balaban J connectivity index is 1.38. The SMILES string of the molecule is CCC1CC(NC(=O)[C@@H]2C[C@H]2CN2C(=O)CC(C)(C)N=C2N)c2ccccc2O1. The molecule has 1 aromatic carbocycles. The van der Waals surface area contributed by atoms with Crippen LogP contribution in [0, 0.1) is 11.8 Å². The van der Waals surface area contributed by atoms with Crippen LogP contribution in [-0.2, 0) is 9.59 Å². The molecular weight excluding hydrogens is 368 g/mol. The van der Waals surface area contributed by atoms with Crippen LogP contribution < -0.4 is 15.8 Å². The van der Waals surface area contributed by atoms with Crippen LogP contribution in [0.3, 0.4) is 0 Å². The number of hydrogen-bond acceptors (Lipinski definition) is 5. The van der Waals surface area contributed by atoms with Gasteiger partial charge in [-0.25, -0.2) is 4.99 Å². The van der Waals surface area contributed by atoms with Crippen LogP contribution in [0.1, 0.15) is 58.1 Å². The Bertz CT molecular complexity index is 850. The van der Waals surface area contributed by atoms with Crippen molar-refractivity contribution >= 4 is 17.8 Å². The summed E-state index contributed by atoms with van der Waals surface area (Å²) < 4.78 is 6.01. The summed E-state index contributed by atoms with van der Waals surface area (Å²) in [6, 6.07) is 7.86. The van der Waals surface area contributed by atoms with Gasteiger partial charge in [0, 0.05) is 24.4 Å². The molecule has 3 N–H and O–H groups in total. The molecule has 0 radical (unpaired) electrons. The maximum absolute atomic E-state index is 12.9. The number of carbonyl (C=O) groups is 2. The van der Waals surface area contributed by atoms with Crippen molar-refractivity contribution < 1.29 is 14.3 Å². The van der Waals surface area contributed by atoms with E-state index in [9.17, 15) is 9.59 Å².